The molecule has 9 nitrogen and oxygen atoms in total. The van der Waals surface area contributed by atoms with Crippen LogP contribution in [-0.4, -0.2) is 46.0 Å². The lowest BCUT2D eigenvalue weighted by Crippen LogP contribution is -2.26. The molecule has 0 unspecified atom stereocenters. The molecule has 0 saturated heterocycles. The van der Waals surface area contributed by atoms with Gasteiger partial charge in [-0.25, -0.2) is 4.79 Å². The monoisotopic (exact) mass is 446 g/mol. The van der Waals surface area contributed by atoms with E-state index in [9.17, 15) is 14.4 Å². The number of aliphatic carboxylic acids is 1. The third-order valence-corrected chi connectivity index (χ3v) is 5.18. The number of amides is 2. The van der Waals surface area contributed by atoms with Gasteiger partial charge in [-0.3, -0.25) is 14.3 Å². The highest BCUT2D eigenvalue weighted by Crippen LogP contribution is 2.44. The zero-order valence-electron chi connectivity index (χ0n) is 17.6. The number of carboxylic acids is 1. The number of benzene rings is 2. The Balaban J connectivity index is 1.23. The average molecular weight is 446 g/mol. The predicted molar refractivity (Wildman–Crippen MR) is 121 cm³/mol. The molecular weight excluding hydrogens is 424 g/mol. The van der Waals surface area contributed by atoms with E-state index in [-0.39, 0.29) is 25.6 Å². The Kier molecular flexibility index (Phi) is 6.49. The van der Waals surface area contributed by atoms with E-state index < -0.39 is 18.0 Å². The van der Waals surface area contributed by atoms with Crippen LogP contribution in [0, 0.1) is 0 Å². The summed E-state index contributed by atoms with van der Waals surface area (Å²) < 4.78 is 6.63. The van der Waals surface area contributed by atoms with Gasteiger partial charge in [-0.2, -0.15) is 5.10 Å². The van der Waals surface area contributed by atoms with Crippen LogP contribution in [0.25, 0.3) is 11.1 Å². The highest BCUT2D eigenvalue weighted by atomic mass is 16.5. The number of fused-ring (bicyclic) bond motifs is 3. The summed E-state index contributed by atoms with van der Waals surface area (Å²) in [5.74, 6) is -1.49. The molecule has 0 radical (unpaired) electrons. The third-order valence-electron chi connectivity index (χ3n) is 5.18. The maximum atomic E-state index is 12.1. The Labute approximate surface area is 189 Å². The molecule has 0 saturated carbocycles. The molecule has 0 bridgehead atoms. The maximum absolute atomic E-state index is 12.1. The molecule has 1 aliphatic rings. The van der Waals surface area contributed by atoms with Crippen molar-refractivity contribution in [3.05, 3.63) is 84.2 Å². The second kappa shape index (κ2) is 9.82. The molecule has 1 heterocycles. The van der Waals surface area contributed by atoms with Gasteiger partial charge >= 0.3 is 12.1 Å². The molecule has 9 heteroatoms. The van der Waals surface area contributed by atoms with Crippen molar-refractivity contribution in [2.75, 3.05) is 18.5 Å². The summed E-state index contributed by atoms with van der Waals surface area (Å²) >= 11 is 0. The van der Waals surface area contributed by atoms with Crippen molar-refractivity contribution < 1.29 is 24.2 Å². The van der Waals surface area contributed by atoms with Crippen LogP contribution in [-0.2, 0) is 20.9 Å². The number of nitrogens with zero attached hydrogens (tertiary/aromatic N) is 2. The number of hydrogen-bond acceptors (Lipinski definition) is 5. The van der Waals surface area contributed by atoms with Gasteiger partial charge < -0.3 is 20.5 Å². The summed E-state index contributed by atoms with van der Waals surface area (Å²) in [7, 11) is 0. The van der Waals surface area contributed by atoms with Crippen molar-refractivity contribution in [3.8, 4) is 11.1 Å². The van der Waals surface area contributed by atoms with E-state index in [4.69, 9.17) is 9.84 Å². The largest absolute Gasteiger partial charge is 0.480 e. The number of carbonyl (C=O) groups is 3. The van der Waals surface area contributed by atoms with Gasteiger partial charge in [0.2, 0.25) is 5.91 Å². The van der Waals surface area contributed by atoms with E-state index in [0.29, 0.717) is 5.69 Å². The van der Waals surface area contributed by atoms with Crippen LogP contribution < -0.4 is 10.6 Å². The van der Waals surface area contributed by atoms with Crippen molar-refractivity contribution in [1.82, 2.24) is 15.1 Å². The van der Waals surface area contributed by atoms with Gasteiger partial charge in [-0.1, -0.05) is 54.6 Å². The van der Waals surface area contributed by atoms with Crippen LogP contribution in [0.2, 0.25) is 0 Å². The maximum Gasteiger partial charge on any atom is 0.407 e. The van der Waals surface area contributed by atoms with Crippen molar-refractivity contribution in [2.45, 2.75) is 12.5 Å². The van der Waals surface area contributed by atoms with Crippen LogP contribution in [0.1, 0.15) is 17.0 Å². The van der Waals surface area contributed by atoms with Gasteiger partial charge in [0.1, 0.15) is 13.2 Å². The quantitative estimate of drug-likeness (QED) is 0.457. The number of anilines is 1. The van der Waals surface area contributed by atoms with Gasteiger partial charge in [0.25, 0.3) is 0 Å². The molecule has 0 spiro atoms. The zero-order valence-corrected chi connectivity index (χ0v) is 17.6. The summed E-state index contributed by atoms with van der Waals surface area (Å²) in [4.78, 5) is 34.7. The second-order valence-corrected chi connectivity index (χ2v) is 7.42. The molecule has 3 aromatic rings. The lowest BCUT2D eigenvalue weighted by atomic mass is 9.98. The van der Waals surface area contributed by atoms with Crippen LogP contribution in [0.3, 0.4) is 0 Å². The molecule has 33 heavy (non-hydrogen) atoms. The standard InChI is InChI=1S/C24H22N4O5/c29-22(27-16-12-26-28(13-16)14-23(30)31)10-5-11-25-24(32)33-15-21-19-8-3-1-6-17(19)18-7-2-4-9-20(18)21/h1-10,12-13,21H,11,14-15H2,(H,25,32)(H,27,29)(H,30,31)/b10-5+. The van der Waals surface area contributed by atoms with Gasteiger partial charge in [0, 0.05) is 24.7 Å². The van der Waals surface area contributed by atoms with Crippen molar-refractivity contribution >= 4 is 23.7 Å². The first-order chi connectivity index (χ1) is 16.0. The lowest BCUT2D eigenvalue weighted by Gasteiger charge is -2.14. The van der Waals surface area contributed by atoms with Gasteiger partial charge in [0.05, 0.1) is 11.9 Å². The first-order valence-corrected chi connectivity index (χ1v) is 10.3. The summed E-state index contributed by atoms with van der Waals surface area (Å²) in [6.45, 7) is 0.0303. The number of alkyl carbamates (subject to hydrolysis) is 1. The first kappa shape index (κ1) is 21.8. The Morgan fingerprint density at radius 3 is 2.39 bits per heavy atom. The minimum absolute atomic E-state index is 0.0217. The summed E-state index contributed by atoms with van der Waals surface area (Å²) in [5.41, 5.74) is 4.95. The minimum Gasteiger partial charge on any atom is -0.480 e. The van der Waals surface area contributed by atoms with E-state index >= 15 is 0 Å². The minimum atomic E-state index is -1.03. The molecule has 1 aromatic heterocycles. The molecule has 4 rings (SSSR count). The molecule has 168 valence electrons. The van der Waals surface area contributed by atoms with Gasteiger partial charge in [-0.15, -0.1) is 0 Å². The first-order valence-electron chi connectivity index (χ1n) is 10.3. The Hall–Kier alpha value is -4.40. The number of rotatable bonds is 8. The number of hydrogen-bond donors (Lipinski definition) is 3. The van der Waals surface area contributed by atoms with Crippen molar-refractivity contribution in [1.29, 1.82) is 0 Å². The van der Waals surface area contributed by atoms with Crippen LogP contribution in [0.15, 0.2) is 73.1 Å². The highest BCUT2D eigenvalue weighted by Gasteiger charge is 2.28. The normalized spacial score (nSPS) is 12.2. The molecular formula is C24H22N4O5. The second-order valence-electron chi connectivity index (χ2n) is 7.42. The van der Waals surface area contributed by atoms with Crippen molar-refractivity contribution in [2.24, 2.45) is 0 Å². The average Bonchev–Trinajstić information content (AvgIpc) is 3.36. The third kappa shape index (κ3) is 5.27. The van der Waals surface area contributed by atoms with Crippen LogP contribution in [0.5, 0.6) is 0 Å². The Morgan fingerprint density at radius 2 is 1.73 bits per heavy atom. The molecule has 0 atom stereocenters. The number of aromatic nitrogens is 2. The molecule has 2 aromatic carbocycles. The van der Waals surface area contributed by atoms with E-state index in [1.165, 1.54) is 29.2 Å². The number of carbonyl (C=O) groups excluding carboxylic acids is 2. The summed E-state index contributed by atoms with van der Waals surface area (Å²) in [6.07, 6.45) is 4.94. The van der Waals surface area contributed by atoms with Gasteiger partial charge in [-0.05, 0) is 22.3 Å². The number of ether oxygens (including phenoxy) is 1. The molecule has 2 amide bonds. The number of nitrogens with one attached hydrogen (secondary N) is 2. The topological polar surface area (TPSA) is 123 Å². The van der Waals surface area contributed by atoms with Gasteiger partial charge in [0.15, 0.2) is 0 Å². The summed E-state index contributed by atoms with van der Waals surface area (Å²) in [5, 5.41) is 17.7. The fourth-order valence-electron chi connectivity index (χ4n) is 3.79. The predicted octanol–water partition coefficient (Wildman–Crippen LogP) is 3.00. The smallest absolute Gasteiger partial charge is 0.407 e. The molecule has 3 N–H and O–H groups in total. The highest BCUT2D eigenvalue weighted by molar-refractivity contribution is 5.99. The lowest BCUT2D eigenvalue weighted by molar-refractivity contribution is -0.137. The zero-order chi connectivity index (χ0) is 23.2. The number of carboxylic acid groups (broad SMARTS) is 1. The molecule has 1 aliphatic carbocycles. The summed E-state index contributed by atoms with van der Waals surface area (Å²) in [6, 6.07) is 16.2. The van der Waals surface area contributed by atoms with E-state index in [0.717, 1.165) is 22.3 Å². The Morgan fingerprint density at radius 1 is 1.06 bits per heavy atom. The van der Waals surface area contributed by atoms with E-state index in [1.54, 1.807) is 0 Å². The molecule has 0 fully saturated rings. The van der Waals surface area contributed by atoms with Crippen LogP contribution in [0.4, 0.5) is 10.5 Å². The van der Waals surface area contributed by atoms with Crippen molar-refractivity contribution in [3.63, 3.8) is 0 Å². The van der Waals surface area contributed by atoms with E-state index in [1.807, 2.05) is 36.4 Å². The van der Waals surface area contributed by atoms with Crippen LogP contribution >= 0.6 is 0 Å². The SMILES string of the molecule is O=C(O)Cn1cc(NC(=O)/C=C/CNC(=O)OCC2c3ccccc3-c3ccccc32)cn1. The fraction of sp³-hybridized carbons (Fsp3) is 0.167. The molecule has 0 aliphatic heterocycles. The fourth-order valence-corrected chi connectivity index (χ4v) is 3.79. The Bertz CT molecular complexity index is 1170. The van der Waals surface area contributed by atoms with E-state index in [2.05, 4.69) is 27.9 Å².